The van der Waals surface area contributed by atoms with Crippen LogP contribution in [0.25, 0.3) is 0 Å². The molecule has 0 amide bonds. The molecule has 1 aromatic rings. The molecule has 1 unspecified atom stereocenters. The number of hydrogen-bond donors (Lipinski definition) is 1. The van der Waals surface area contributed by atoms with Gasteiger partial charge in [0, 0.05) is 5.75 Å². The molecule has 0 aliphatic rings. The fourth-order valence-corrected chi connectivity index (χ4v) is 3.03. The third-order valence-electron chi connectivity index (χ3n) is 3.25. The Morgan fingerprint density at radius 1 is 1.22 bits per heavy atom. The molecule has 3 nitrogen and oxygen atoms in total. The highest BCUT2D eigenvalue weighted by Crippen LogP contribution is 2.25. The highest BCUT2D eigenvalue weighted by molar-refractivity contribution is 7.91. The van der Waals surface area contributed by atoms with Gasteiger partial charge in [0.15, 0.2) is 0 Å². The molecule has 102 valence electrons. The topological polar surface area (TPSA) is 54.4 Å². The maximum atomic E-state index is 11.4. The SMILES string of the molecule is CCS(=O)(=O)CCCC(O)c1c(C)cccc1C. The van der Waals surface area contributed by atoms with E-state index >= 15 is 0 Å². The summed E-state index contributed by atoms with van der Waals surface area (Å²) in [5.74, 6) is 0.331. The fourth-order valence-electron chi connectivity index (χ4n) is 2.14. The van der Waals surface area contributed by atoms with Crippen molar-refractivity contribution in [3.05, 3.63) is 34.9 Å². The Morgan fingerprint density at radius 2 is 1.78 bits per heavy atom. The van der Waals surface area contributed by atoms with Crippen molar-refractivity contribution >= 4 is 9.84 Å². The van der Waals surface area contributed by atoms with Crippen LogP contribution >= 0.6 is 0 Å². The number of aliphatic hydroxyl groups is 1. The summed E-state index contributed by atoms with van der Waals surface area (Å²) in [5.41, 5.74) is 3.05. The molecule has 18 heavy (non-hydrogen) atoms. The number of benzene rings is 1. The number of aryl methyl sites for hydroxylation is 2. The molecule has 0 spiro atoms. The summed E-state index contributed by atoms with van der Waals surface area (Å²) >= 11 is 0. The average Bonchev–Trinajstić information content (AvgIpc) is 2.28. The summed E-state index contributed by atoms with van der Waals surface area (Å²) in [7, 11) is -2.93. The van der Waals surface area contributed by atoms with Crippen molar-refractivity contribution in [3.63, 3.8) is 0 Å². The minimum absolute atomic E-state index is 0.158. The van der Waals surface area contributed by atoms with E-state index in [0.717, 1.165) is 16.7 Å². The minimum atomic E-state index is -2.93. The van der Waals surface area contributed by atoms with Crippen molar-refractivity contribution in [1.29, 1.82) is 0 Å². The Labute approximate surface area is 110 Å². The number of sulfone groups is 1. The van der Waals surface area contributed by atoms with E-state index in [1.54, 1.807) is 6.92 Å². The highest BCUT2D eigenvalue weighted by Gasteiger charge is 2.14. The van der Waals surface area contributed by atoms with E-state index in [2.05, 4.69) is 0 Å². The van der Waals surface area contributed by atoms with Crippen molar-refractivity contribution < 1.29 is 13.5 Å². The summed E-state index contributed by atoms with van der Waals surface area (Å²) in [6.07, 6.45) is 0.425. The van der Waals surface area contributed by atoms with Crippen LogP contribution < -0.4 is 0 Å². The summed E-state index contributed by atoms with van der Waals surface area (Å²) < 4.78 is 22.7. The molecule has 0 aliphatic carbocycles. The van der Waals surface area contributed by atoms with E-state index in [9.17, 15) is 13.5 Å². The summed E-state index contributed by atoms with van der Waals surface area (Å²) in [6.45, 7) is 5.58. The Balaban J connectivity index is 2.64. The van der Waals surface area contributed by atoms with Gasteiger partial charge in [0.05, 0.1) is 11.9 Å². The van der Waals surface area contributed by atoms with Crippen LogP contribution in [0.1, 0.15) is 42.6 Å². The molecule has 0 heterocycles. The number of aliphatic hydroxyl groups excluding tert-OH is 1. The molecule has 0 radical (unpaired) electrons. The van der Waals surface area contributed by atoms with Crippen molar-refractivity contribution in [2.75, 3.05) is 11.5 Å². The molecular weight excluding hydrogens is 248 g/mol. The van der Waals surface area contributed by atoms with Gasteiger partial charge in [0.2, 0.25) is 0 Å². The molecule has 1 N–H and O–H groups in total. The first-order valence-electron chi connectivity index (χ1n) is 6.32. The van der Waals surface area contributed by atoms with Crippen LogP contribution in [0.2, 0.25) is 0 Å². The van der Waals surface area contributed by atoms with Crippen LogP contribution in [0.4, 0.5) is 0 Å². The predicted octanol–water partition coefficient (Wildman–Crippen LogP) is 2.55. The molecule has 4 heteroatoms. The monoisotopic (exact) mass is 270 g/mol. The van der Waals surface area contributed by atoms with Crippen molar-refractivity contribution in [2.24, 2.45) is 0 Å². The lowest BCUT2D eigenvalue weighted by molar-refractivity contribution is 0.165. The quantitative estimate of drug-likeness (QED) is 0.864. The third kappa shape index (κ3) is 4.10. The molecule has 1 rings (SSSR count). The van der Waals surface area contributed by atoms with Crippen LogP contribution in [0.3, 0.4) is 0 Å². The molecular formula is C14H22O3S. The van der Waals surface area contributed by atoms with E-state index in [1.165, 1.54) is 0 Å². The minimum Gasteiger partial charge on any atom is -0.388 e. The van der Waals surface area contributed by atoms with Crippen LogP contribution in [0.5, 0.6) is 0 Å². The lowest BCUT2D eigenvalue weighted by atomic mass is 9.95. The van der Waals surface area contributed by atoms with Crippen molar-refractivity contribution in [3.8, 4) is 0 Å². The Morgan fingerprint density at radius 3 is 2.28 bits per heavy atom. The second-order valence-electron chi connectivity index (χ2n) is 4.70. The lowest BCUT2D eigenvalue weighted by Crippen LogP contribution is -2.10. The molecule has 0 bridgehead atoms. The second-order valence-corrected chi connectivity index (χ2v) is 7.17. The zero-order chi connectivity index (χ0) is 13.8. The lowest BCUT2D eigenvalue weighted by Gasteiger charge is -2.16. The van der Waals surface area contributed by atoms with Crippen molar-refractivity contribution in [2.45, 2.75) is 39.7 Å². The standard InChI is InChI=1S/C14H22O3S/c1-4-18(16,17)10-6-9-13(15)14-11(2)7-5-8-12(14)3/h5,7-8,13,15H,4,6,9-10H2,1-3H3. The predicted molar refractivity (Wildman–Crippen MR) is 74.4 cm³/mol. The number of rotatable bonds is 6. The molecule has 0 aliphatic heterocycles. The highest BCUT2D eigenvalue weighted by atomic mass is 32.2. The van der Waals surface area contributed by atoms with Gasteiger partial charge in [-0.25, -0.2) is 8.42 Å². The van der Waals surface area contributed by atoms with E-state index in [1.807, 2.05) is 32.0 Å². The van der Waals surface area contributed by atoms with Gasteiger partial charge in [0.1, 0.15) is 9.84 Å². The number of hydrogen-bond acceptors (Lipinski definition) is 3. The van der Waals surface area contributed by atoms with Gasteiger partial charge in [-0.3, -0.25) is 0 Å². The molecule has 0 saturated heterocycles. The van der Waals surface area contributed by atoms with E-state index in [-0.39, 0.29) is 11.5 Å². The van der Waals surface area contributed by atoms with Gasteiger partial charge < -0.3 is 5.11 Å². The van der Waals surface area contributed by atoms with E-state index in [4.69, 9.17) is 0 Å². The molecule has 1 atom stereocenters. The molecule has 0 aromatic heterocycles. The fraction of sp³-hybridized carbons (Fsp3) is 0.571. The second kappa shape index (κ2) is 6.34. The first kappa shape index (κ1) is 15.2. The van der Waals surface area contributed by atoms with Crippen LogP contribution in [-0.2, 0) is 9.84 Å². The molecule has 1 aromatic carbocycles. The average molecular weight is 270 g/mol. The zero-order valence-corrected chi connectivity index (χ0v) is 12.1. The summed E-state index contributed by atoms with van der Waals surface area (Å²) in [6, 6.07) is 5.89. The van der Waals surface area contributed by atoms with Gasteiger partial charge in [-0.1, -0.05) is 25.1 Å². The van der Waals surface area contributed by atoms with Crippen LogP contribution in [0, 0.1) is 13.8 Å². The first-order chi connectivity index (χ1) is 8.37. The van der Waals surface area contributed by atoms with Crippen molar-refractivity contribution in [1.82, 2.24) is 0 Å². The largest absolute Gasteiger partial charge is 0.388 e. The van der Waals surface area contributed by atoms with E-state index < -0.39 is 15.9 Å². The maximum absolute atomic E-state index is 11.4. The van der Waals surface area contributed by atoms with Gasteiger partial charge >= 0.3 is 0 Å². The Bertz CT molecular complexity index is 472. The molecule has 0 fully saturated rings. The summed E-state index contributed by atoms with van der Waals surface area (Å²) in [4.78, 5) is 0. The maximum Gasteiger partial charge on any atom is 0.150 e. The van der Waals surface area contributed by atoms with Crippen LogP contribution in [-0.4, -0.2) is 25.0 Å². The Hall–Kier alpha value is -0.870. The van der Waals surface area contributed by atoms with Crippen LogP contribution in [0.15, 0.2) is 18.2 Å². The summed E-state index contributed by atoms with van der Waals surface area (Å²) in [5, 5.41) is 10.2. The molecule has 0 saturated carbocycles. The first-order valence-corrected chi connectivity index (χ1v) is 8.14. The third-order valence-corrected chi connectivity index (χ3v) is 5.04. The van der Waals surface area contributed by atoms with Gasteiger partial charge in [0.25, 0.3) is 0 Å². The smallest absolute Gasteiger partial charge is 0.150 e. The van der Waals surface area contributed by atoms with Gasteiger partial charge in [-0.05, 0) is 43.4 Å². The zero-order valence-electron chi connectivity index (χ0n) is 11.3. The van der Waals surface area contributed by atoms with Gasteiger partial charge in [-0.2, -0.15) is 0 Å². The Kier molecular flexibility index (Phi) is 5.35. The van der Waals surface area contributed by atoms with E-state index in [0.29, 0.717) is 12.8 Å². The normalized spacial score (nSPS) is 13.6. The van der Waals surface area contributed by atoms with Gasteiger partial charge in [-0.15, -0.1) is 0 Å².